The number of para-hydroxylation sites is 1. The Labute approximate surface area is 327 Å². The molecular formula is C40H29ClF3N5O5S2. The fourth-order valence-corrected chi connectivity index (χ4v) is 9.35. The molecule has 2 N–H and O–H groups in total. The standard InChI is InChI=1S/C40H29ClF3N5O5S2/c41-30-19-26(43)20-31(44)35(30)47-39(51)34-18-24-11-12-49(33-21-25(42)7-10-28(33)36(24)55-34)40(52)22-5-8-27(9-6-22)45-38(50)29-17-23-3-1-2-4-32(23)46-37(29)48-13-15-56(53,54)16-14-48/h1-10,17-21H,11-16H2,(H,45,50)(H,47,51). The summed E-state index contributed by atoms with van der Waals surface area (Å²) in [5.41, 5.74) is 2.74. The molecule has 56 heavy (non-hydrogen) atoms. The topological polar surface area (TPSA) is 129 Å². The molecule has 0 bridgehead atoms. The van der Waals surface area contributed by atoms with Gasteiger partial charge in [0, 0.05) is 52.8 Å². The highest BCUT2D eigenvalue weighted by Gasteiger charge is 2.30. The first kappa shape index (κ1) is 37.2. The van der Waals surface area contributed by atoms with Crippen LogP contribution < -0.4 is 20.4 Å². The molecule has 0 unspecified atom stereocenters. The molecule has 0 atom stereocenters. The fraction of sp³-hybridized carbons (Fsp3) is 0.150. The summed E-state index contributed by atoms with van der Waals surface area (Å²) in [6.07, 6.45) is 0.298. The molecule has 0 radical (unpaired) electrons. The summed E-state index contributed by atoms with van der Waals surface area (Å²) in [4.78, 5) is 49.8. The van der Waals surface area contributed by atoms with Gasteiger partial charge in [-0.3, -0.25) is 14.4 Å². The maximum Gasteiger partial charge on any atom is 0.265 e. The molecule has 16 heteroatoms. The Kier molecular flexibility index (Phi) is 9.76. The number of benzene rings is 4. The minimum Gasteiger partial charge on any atom is -0.354 e. The lowest BCUT2D eigenvalue weighted by molar-refractivity contribution is 0.0985. The lowest BCUT2D eigenvalue weighted by Gasteiger charge is -2.29. The summed E-state index contributed by atoms with van der Waals surface area (Å²) in [6.45, 7) is 0.533. The van der Waals surface area contributed by atoms with Gasteiger partial charge < -0.3 is 20.4 Å². The Morgan fingerprint density at radius 3 is 2.30 bits per heavy atom. The van der Waals surface area contributed by atoms with Gasteiger partial charge in [0.1, 0.15) is 17.5 Å². The van der Waals surface area contributed by atoms with E-state index in [9.17, 15) is 36.0 Å². The van der Waals surface area contributed by atoms with Crippen molar-refractivity contribution >= 4 is 84.3 Å². The van der Waals surface area contributed by atoms with Crippen molar-refractivity contribution in [2.45, 2.75) is 6.42 Å². The Morgan fingerprint density at radius 2 is 1.55 bits per heavy atom. The maximum atomic E-state index is 14.8. The second kappa shape index (κ2) is 14.7. The Bertz CT molecular complexity index is 2670. The number of fused-ring (bicyclic) bond motifs is 4. The summed E-state index contributed by atoms with van der Waals surface area (Å²) in [5, 5.41) is 5.71. The van der Waals surface area contributed by atoms with Crippen molar-refractivity contribution < 1.29 is 36.0 Å². The maximum absolute atomic E-state index is 14.8. The molecule has 2 aliphatic rings. The van der Waals surface area contributed by atoms with E-state index in [1.165, 1.54) is 23.1 Å². The SMILES string of the molecule is O=C(Nc1c(F)cc(F)cc1Cl)c1cc2c(s1)-c1ccc(F)cc1N(C(=O)c1ccc(NC(=O)c3cc4ccccc4nc3N3CCS(=O)(=O)CC3)cc1)CC2. The average Bonchev–Trinajstić information content (AvgIpc) is 3.54. The molecule has 3 amide bonds. The number of anilines is 4. The zero-order chi connectivity index (χ0) is 39.3. The fourth-order valence-electron chi connectivity index (χ4n) is 6.76. The van der Waals surface area contributed by atoms with Crippen molar-refractivity contribution in [3.63, 3.8) is 0 Å². The van der Waals surface area contributed by atoms with E-state index in [4.69, 9.17) is 16.6 Å². The molecule has 6 aromatic rings. The summed E-state index contributed by atoms with van der Waals surface area (Å²) < 4.78 is 66.9. The number of hydrogen-bond acceptors (Lipinski definition) is 8. The zero-order valence-electron chi connectivity index (χ0n) is 29.1. The predicted octanol–water partition coefficient (Wildman–Crippen LogP) is 7.98. The molecule has 0 spiro atoms. The van der Waals surface area contributed by atoms with Gasteiger partial charge in [0.05, 0.1) is 43.9 Å². The van der Waals surface area contributed by atoms with Crippen molar-refractivity contribution in [1.82, 2.24) is 4.98 Å². The monoisotopic (exact) mass is 815 g/mol. The Balaban J connectivity index is 1.02. The minimum absolute atomic E-state index is 0.0461. The Hall–Kier alpha value is -5.77. The highest BCUT2D eigenvalue weighted by atomic mass is 35.5. The third-order valence-electron chi connectivity index (χ3n) is 9.61. The Morgan fingerprint density at radius 1 is 0.804 bits per heavy atom. The zero-order valence-corrected chi connectivity index (χ0v) is 31.5. The summed E-state index contributed by atoms with van der Waals surface area (Å²) in [7, 11) is -3.17. The van der Waals surface area contributed by atoms with Gasteiger partial charge in [-0.05, 0) is 78.7 Å². The number of nitrogens with one attached hydrogen (secondary N) is 2. The largest absolute Gasteiger partial charge is 0.354 e. The van der Waals surface area contributed by atoms with Gasteiger partial charge in [-0.2, -0.15) is 0 Å². The molecule has 10 nitrogen and oxygen atoms in total. The van der Waals surface area contributed by atoms with E-state index in [1.54, 1.807) is 41.3 Å². The van der Waals surface area contributed by atoms with Crippen LogP contribution in [0.1, 0.15) is 36.0 Å². The molecular weight excluding hydrogens is 787 g/mol. The summed E-state index contributed by atoms with van der Waals surface area (Å²) in [5.74, 6) is -3.77. The van der Waals surface area contributed by atoms with Crippen molar-refractivity contribution in [3.05, 3.63) is 135 Å². The van der Waals surface area contributed by atoms with E-state index in [0.717, 1.165) is 22.8 Å². The molecule has 0 saturated carbocycles. The van der Waals surface area contributed by atoms with E-state index in [0.29, 0.717) is 45.5 Å². The number of halogens is 4. The first-order valence-electron chi connectivity index (χ1n) is 17.3. The molecule has 2 aromatic heterocycles. The molecule has 1 fully saturated rings. The molecule has 8 rings (SSSR count). The van der Waals surface area contributed by atoms with E-state index in [2.05, 4.69) is 10.6 Å². The number of hydrogen-bond donors (Lipinski definition) is 2. The van der Waals surface area contributed by atoms with Crippen LogP contribution >= 0.6 is 22.9 Å². The summed E-state index contributed by atoms with van der Waals surface area (Å²) >= 11 is 7.06. The van der Waals surface area contributed by atoms with Crippen molar-refractivity contribution in [2.75, 3.05) is 51.6 Å². The number of nitrogens with zero attached hydrogens (tertiary/aromatic N) is 3. The van der Waals surface area contributed by atoms with Crippen LogP contribution in [0.4, 0.5) is 36.1 Å². The molecule has 2 aliphatic heterocycles. The number of carbonyl (C=O) groups is 3. The van der Waals surface area contributed by atoms with E-state index in [1.807, 2.05) is 24.3 Å². The van der Waals surface area contributed by atoms with Crippen LogP contribution in [0.25, 0.3) is 21.3 Å². The van der Waals surface area contributed by atoms with Gasteiger partial charge in [0.15, 0.2) is 15.7 Å². The number of rotatable bonds is 6. The van der Waals surface area contributed by atoms with Crippen LogP contribution in [0.15, 0.2) is 91.0 Å². The van der Waals surface area contributed by atoms with Crippen molar-refractivity contribution in [1.29, 1.82) is 0 Å². The van der Waals surface area contributed by atoms with E-state index >= 15 is 0 Å². The van der Waals surface area contributed by atoms with Gasteiger partial charge in [-0.25, -0.2) is 26.6 Å². The number of sulfone groups is 1. The van der Waals surface area contributed by atoms with Crippen LogP contribution in [0.5, 0.6) is 0 Å². The van der Waals surface area contributed by atoms with Crippen LogP contribution in [0.2, 0.25) is 5.02 Å². The predicted molar refractivity (Wildman–Crippen MR) is 211 cm³/mol. The van der Waals surface area contributed by atoms with Crippen LogP contribution in [-0.4, -0.2) is 62.3 Å². The number of amides is 3. The van der Waals surface area contributed by atoms with Crippen molar-refractivity contribution in [3.8, 4) is 10.4 Å². The molecule has 1 saturated heterocycles. The quantitative estimate of drug-likeness (QED) is 0.175. The molecule has 0 aliphatic carbocycles. The summed E-state index contributed by atoms with van der Waals surface area (Å²) in [6, 6.07) is 22.4. The first-order valence-corrected chi connectivity index (χ1v) is 20.3. The van der Waals surface area contributed by atoms with Gasteiger partial charge in [-0.15, -0.1) is 11.3 Å². The third kappa shape index (κ3) is 7.32. The molecule has 4 heterocycles. The van der Waals surface area contributed by atoms with Crippen LogP contribution in [0, 0.1) is 17.5 Å². The van der Waals surface area contributed by atoms with Gasteiger partial charge in [-0.1, -0.05) is 29.8 Å². The molecule has 284 valence electrons. The second-order valence-corrected chi connectivity index (χ2v) is 17.0. The minimum atomic E-state index is -3.17. The van der Waals surface area contributed by atoms with E-state index < -0.39 is 45.0 Å². The number of aromatic nitrogens is 1. The number of carbonyl (C=O) groups excluding carboxylic acids is 3. The van der Waals surface area contributed by atoms with Crippen LogP contribution in [-0.2, 0) is 16.3 Å². The van der Waals surface area contributed by atoms with Gasteiger partial charge >= 0.3 is 0 Å². The lowest BCUT2D eigenvalue weighted by Crippen LogP contribution is -2.41. The number of thiophene rings is 1. The molecule has 4 aromatic carbocycles. The second-order valence-electron chi connectivity index (χ2n) is 13.3. The highest BCUT2D eigenvalue weighted by Crippen LogP contribution is 2.43. The van der Waals surface area contributed by atoms with Gasteiger partial charge in [0.25, 0.3) is 17.7 Å². The van der Waals surface area contributed by atoms with E-state index in [-0.39, 0.29) is 63.5 Å². The van der Waals surface area contributed by atoms with Crippen LogP contribution in [0.3, 0.4) is 0 Å². The average molecular weight is 816 g/mol. The first-order chi connectivity index (χ1) is 26.8. The normalized spacial score (nSPS) is 14.8. The smallest absolute Gasteiger partial charge is 0.265 e. The third-order valence-corrected chi connectivity index (χ3v) is 12.7. The van der Waals surface area contributed by atoms with Gasteiger partial charge in [0.2, 0.25) is 0 Å². The highest BCUT2D eigenvalue weighted by molar-refractivity contribution is 7.91. The van der Waals surface area contributed by atoms with Crippen molar-refractivity contribution in [2.24, 2.45) is 0 Å². The number of pyridine rings is 1. The lowest BCUT2D eigenvalue weighted by atomic mass is 10.1.